The molecule has 0 N–H and O–H groups in total. The molecule has 0 aliphatic carbocycles. The molecule has 0 bridgehead atoms. The van der Waals surface area contributed by atoms with Crippen LogP contribution in [0.5, 0.6) is 5.75 Å². The summed E-state index contributed by atoms with van der Waals surface area (Å²) >= 11 is 0. The summed E-state index contributed by atoms with van der Waals surface area (Å²) in [6.45, 7) is 3.56. The standard InChI is InChI=1S/C23H22O4/c1-16(12-13-26-17(2)24)27-22-15-20-11-7-6-10-19(20)14-21(22)23(25)18-8-4-3-5-9-18/h3-11,14-16H,12-13H2,1-2H3. The summed E-state index contributed by atoms with van der Waals surface area (Å²) in [4.78, 5) is 24.0. The van der Waals surface area contributed by atoms with E-state index >= 15 is 0 Å². The zero-order valence-corrected chi connectivity index (χ0v) is 15.5. The molecule has 1 unspecified atom stereocenters. The molecule has 4 heteroatoms. The van der Waals surface area contributed by atoms with Gasteiger partial charge in [-0.1, -0.05) is 54.6 Å². The van der Waals surface area contributed by atoms with Gasteiger partial charge in [0, 0.05) is 18.9 Å². The molecule has 3 aromatic rings. The van der Waals surface area contributed by atoms with Crippen LogP contribution in [-0.2, 0) is 9.53 Å². The number of carbonyl (C=O) groups is 2. The van der Waals surface area contributed by atoms with Crippen molar-refractivity contribution in [2.45, 2.75) is 26.4 Å². The third kappa shape index (κ3) is 4.73. The fourth-order valence-corrected chi connectivity index (χ4v) is 2.88. The maximum absolute atomic E-state index is 13.0. The van der Waals surface area contributed by atoms with Crippen molar-refractivity contribution in [3.8, 4) is 5.75 Å². The minimum absolute atomic E-state index is 0.0801. The number of fused-ring (bicyclic) bond motifs is 1. The zero-order valence-electron chi connectivity index (χ0n) is 15.5. The monoisotopic (exact) mass is 362 g/mol. The first-order valence-corrected chi connectivity index (χ1v) is 8.97. The molecule has 0 spiro atoms. The molecule has 0 radical (unpaired) electrons. The van der Waals surface area contributed by atoms with Crippen LogP contribution in [0.15, 0.2) is 66.7 Å². The van der Waals surface area contributed by atoms with E-state index < -0.39 is 0 Å². The molecule has 27 heavy (non-hydrogen) atoms. The highest BCUT2D eigenvalue weighted by Crippen LogP contribution is 2.29. The number of hydrogen-bond acceptors (Lipinski definition) is 4. The van der Waals surface area contributed by atoms with Crippen molar-refractivity contribution in [2.24, 2.45) is 0 Å². The third-order valence-electron chi connectivity index (χ3n) is 4.29. The van der Waals surface area contributed by atoms with Crippen molar-refractivity contribution < 1.29 is 19.1 Å². The van der Waals surface area contributed by atoms with Gasteiger partial charge in [0.1, 0.15) is 5.75 Å². The SMILES string of the molecule is CC(=O)OCCC(C)Oc1cc2ccccc2cc1C(=O)c1ccccc1. The van der Waals surface area contributed by atoms with E-state index in [0.29, 0.717) is 23.3 Å². The van der Waals surface area contributed by atoms with Crippen LogP contribution in [0.25, 0.3) is 10.8 Å². The topological polar surface area (TPSA) is 52.6 Å². The lowest BCUT2D eigenvalue weighted by Gasteiger charge is -2.18. The van der Waals surface area contributed by atoms with Gasteiger partial charge in [-0.15, -0.1) is 0 Å². The number of ketones is 1. The number of ether oxygens (including phenoxy) is 2. The van der Waals surface area contributed by atoms with E-state index in [4.69, 9.17) is 9.47 Å². The zero-order chi connectivity index (χ0) is 19.2. The number of benzene rings is 3. The first-order chi connectivity index (χ1) is 13.0. The summed E-state index contributed by atoms with van der Waals surface area (Å²) in [5.41, 5.74) is 1.14. The second-order valence-electron chi connectivity index (χ2n) is 6.45. The van der Waals surface area contributed by atoms with E-state index in [-0.39, 0.29) is 24.5 Å². The van der Waals surface area contributed by atoms with Crippen molar-refractivity contribution in [3.05, 3.63) is 77.9 Å². The third-order valence-corrected chi connectivity index (χ3v) is 4.29. The number of esters is 1. The molecular weight excluding hydrogens is 340 g/mol. The summed E-state index contributed by atoms with van der Waals surface area (Å²) in [5, 5.41) is 1.99. The molecule has 138 valence electrons. The van der Waals surface area contributed by atoms with Gasteiger partial charge in [0.15, 0.2) is 5.78 Å². The molecule has 1 atom stereocenters. The van der Waals surface area contributed by atoms with E-state index in [1.54, 1.807) is 12.1 Å². The molecule has 0 aromatic heterocycles. The number of hydrogen-bond donors (Lipinski definition) is 0. The maximum Gasteiger partial charge on any atom is 0.302 e. The largest absolute Gasteiger partial charge is 0.490 e. The molecule has 0 saturated heterocycles. The average molecular weight is 362 g/mol. The lowest BCUT2D eigenvalue weighted by atomic mass is 9.98. The van der Waals surface area contributed by atoms with Gasteiger partial charge >= 0.3 is 5.97 Å². The van der Waals surface area contributed by atoms with Crippen molar-refractivity contribution in [1.29, 1.82) is 0 Å². The minimum atomic E-state index is -0.312. The van der Waals surface area contributed by atoms with E-state index in [9.17, 15) is 9.59 Å². The summed E-state index contributed by atoms with van der Waals surface area (Å²) in [7, 11) is 0. The van der Waals surface area contributed by atoms with Crippen molar-refractivity contribution >= 4 is 22.5 Å². The van der Waals surface area contributed by atoms with Gasteiger partial charge in [-0.3, -0.25) is 9.59 Å². The highest BCUT2D eigenvalue weighted by Gasteiger charge is 2.18. The van der Waals surface area contributed by atoms with Gasteiger partial charge in [-0.2, -0.15) is 0 Å². The van der Waals surface area contributed by atoms with Gasteiger partial charge < -0.3 is 9.47 Å². The van der Waals surface area contributed by atoms with Gasteiger partial charge in [0.25, 0.3) is 0 Å². The molecule has 4 nitrogen and oxygen atoms in total. The lowest BCUT2D eigenvalue weighted by Crippen LogP contribution is -2.17. The average Bonchev–Trinajstić information content (AvgIpc) is 2.67. The molecule has 0 amide bonds. The Morgan fingerprint density at radius 2 is 1.56 bits per heavy atom. The normalized spacial score (nSPS) is 11.8. The highest BCUT2D eigenvalue weighted by molar-refractivity contribution is 6.12. The second kappa shape index (κ2) is 8.49. The van der Waals surface area contributed by atoms with Crippen molar-refractivity contribution in [2.75, 3.05) is 6.61 Å². The van der Waals surface area contributed by atoms with Crippen LogP contribution in [0.2, 0.25) is 0 Å². The Hall–Kier alpha value is -3.14. The molecule has 3 aromatic carbocycles. The van der Waals surface area contributed by atoms with Gasteiger partial charge in [-0.25, -0.2) is 0 Å². The molecular formula is C23H22O4. The number of rotatable bonds is 7. The van der Waals surface area contributed by atoms with Crippen LogP contribution in [0.3, 0.4) is 0 Å². The Balaban J connectivity index is 1.92. The predicted octanol–water partition coefficient (Wildman–Crippen LogP) is 4.79. The Labute approximate surface area is 158 Å². The predicted molar refractivity (Wildman–Crippen MR) is 105 cm³/mol. The van der Waals surface area contributed by atoms with Crippen LogP contribution < -0.4 is 4.74 Å². The quantitative estimate of drug-likeness (QED) is 0.448. The fourth-order valence-electron chi connectivity index (χ4n) is 2.88. The molecule has 0 aliphatic heterocycles. The highest BCUT2D eigenvalue weighted by atomic mass is 16.5. The van der Waals surface area contributed by atoms with Crippen LogP contribution in [0.1, 0.15) is 36.2 Å². The Bertz CT molecular complexity index is 947. The molecule has 3 rings (SSSR count). The van der Waals surface area contributed by atoms with Crippen molar-refractivity contribution in [3.63, 3.8) is 0 Å². The molecule has 0 saturated carbocycles. The smallest absolute Gasteiger partial charge is 0.302 e. The van der Waals surface area contributed by atoms with Crippen LogP contribution in [0, 0.1) is 0 Å². The van der Waals surface area contributed by atoms with E-state index in [1.807, 2.05) is 61.5 Å². The fraction of sp³-hybridized carbons (Fsp3) is 0.217. The van der Waals surface area contributed by atoms with Crippen LogP contribution in [0.4, 0.5) is 0 Å². The van der Waals surface area contributed by atoms with Crippen LogP contribution in [-0.4, -0.2) is 24.5 Å². The maximum atomic E-state index is 13.0. The first-order valence-electron chi connectivity index (χ1n) is 8.97. The van der Waals surface area contributed by atoms with Gasteiger partial charge in [0.2, 0.25) is 0 Å². The Morgan fingerprint density at radius 3 is 2.22 bits per heavy atom. The summed E-state index contributed by atoms with van der Waals surface area (Å²) < 4.78 is 11.0. The molecule has 0 aliphatic rings. The van der Waals surface area contributed by atoms with Gasteiger partial charge in [-0.05, 0) is 29.8 Å². The van der Waals surface area contributed by atoms with Crippen LogP contribution >= 0.6 is 0 Å². The summed E-state index contributed by atoms with van der Waals surface area (Å²) in [5.74, 6) is 0.147. The summed E-state index contributed by atoms with van der Waals surface area (Å²) in [6.07, 6.45) is 0.346. The van der Waals surface area contributed by atoms with E-state index in [0.717, 1.165) is 10.8 Å². The minimum Gasteiger partial charge on any atom is -0.490 e. The van der Waals surface area contributed by atoms with E-state index in [1.165, 1.54) is 6.92 Å². The Kier molecular flexibility index (Phi) is 5.87. The number of carbonyl (C=O) groups excluding carboxylic acids is 2. The molecule has 0 heterocycles. The second-order valence-corrected chi connectivity index (χ2v) is 6.45. The Morgan fingerprint density at radius 1 is 0.926 bits per heavy atom. The van der Waals surface area contributed by atoms with Gasteiger partial charge in [0.05, 0.1) is 18.3 Å². The van der Waals surface area contributed by atoms with Crippen molar-refractivity contribution in [1.82, 2.24) is 0 Å². The molecule has 0 fully saturated rings. The summed E-state index contributed by atoms with van der Waals surface area (Å²) in [6, 6.07) is 20.8. The van der Waals surface area contributed by atoms with E-state index in [2.05, 4.69) is 0 Å². The lowest BCUT2D eigenvalue weighted by molar-refractivity contribution is -0.141. The first kappa shape index (κ1) is 18.6.